The van der Waals surface area contributed by atoms with Crippen molar-refractivity contribution < 1.29 is 31.2 Å². The van der Waals surface area contributed by atoms with Gasteiger partial charge in [-0.05, 0) is 55.3 Å². The minimum Gasteiger partial charge on any atom is -0.456 e. The zero-order chi connectivity index (χ0) is 24.4. The zero-order valence-corrected chi connectivity index (χ0v) is 19.0. The minimum absolute atomic E-state index is 0.000655. The number of hydrogen-bond acceptors (Lipinski definition) is 6. The third-order valence-corrected chi connectivity index (χ3v) is 7.15. The van der Waals surface area contributed by atoms with Crippen LogP contribution in [0.4, 0.5) is 18.9 Å². The molecule has 0 aromatic heterocycles. The summed E-state index contributed by atoms with van der Waals surface area (Å²) in [5.41, 5.74) is -0.521. The molecule has 0 spiro atoms. The van der Waals surface area contributed by atoms with Crippen molar-refractivity contribution in [3.05, 3.63) is 86.9 Å². The molecule has 0 fully saturated rings. The number of nitro groups is 1. The Kier molecular flexibility index (Phi) is 7.22. The number of nitrogens with zero attached hydrogens (tertiary/aromatic N) is 1. The smallest absolute Gasteiger partial charge is 0.416 e. The molecule has 13 heteroatoms. The fourth-order valence-corrected chi connectivity index (χ4v) is 4.86. The van der Waals surface area contributed by atoms with E-state index in [2.05, 4.69) is 4.13 Å². The summed E-state index contributed by atoms with van der Waals surface area (Å²) in [6.07, 6.45) is -4.59. The third kappa shape index (κ3) is 6.16. The number of halogens is 4. The lowest BCUT2D eigenvalue weighted by atomic mass is 10.2. The Labute approximate surface area is 195 Å². The van der Waals surface area contributed by atoms with Crippen LogP contribution in [-0.4, -0.2) is 13.3 Å². The number of ether oxygens (including phenoxy) is 1. The predicted molar refractivity (Wildman–Crippen MR) is 117 cm³/mol. The third-order valence-electron chi connectivity index (χ3n) is 4.21. The van der Waals surface area contributed by atoms with E-state index in [1.54, 1.807) is 19.1 Å². The predicted octanol–water partition coefficient (Wildman–Crippen LogP) is 6.35. The maximum absolute atomic E-state index is 12.8. The lowest BCUT2D eigenvalue weighted by Gasteiger charge is -2.12. The van der Waals surface area contributed by atoms with Crippen molar-refractivity contribution in [3.8, 4) is 11.5 Å². The zero-order valence-electron chi connectivity index (χ0n) is 16.6. The molecule has 0 saturated carbocycles. The highest BCUT2D eigenvalue weighted by molar-refractivity contribution is 8.09. The van der Waals surface area contributed by atoms with Crippen LogP contribution < -0.4 is 8.86 Å². The number of alkyl halides is 3. The summed E-state index contributed by atoms with van der Waals surface area (Å²) in [5.74, 6) is -0.117. The highest BCUT2D eigenvalue weighted by atomic mass is 35.5. The highest BCUT2D eigenvalue weighted by Crippen LogP contribution is 2.38. The van der Waals surface area contributed by atoms with Gasteiger partial charge in [0.1, 0.15) is 16.4 Å². The van der Waals surface area contributed by atoms with Gasteiger partial charge in [-0.2, -0.15) is 13.2 Å². The van der Waals surface area contributed by atoms with Gasteiger partial charge >= 0.3 is 6.18 Å². The van der Waals surface area contributed by atoms with Crippen molar-refractivity contribution >= 4 is 39.3 Å². The molecule has 174 valence electrons. The molecule has 0 saturated heterocycles. The number of nitro benzene ring substituents is 1. The molecule has 0 aliphatic heterocycles. The Hall–Kier alpha value is -2.80. The maximum atomic E-state index is 12.8. The Morgan fingerprint density at radius 2 is 1.73 bits per heavy atom. The van der Waals surface area contributed by atoms with Crippen LogP contribution in [0.15, 0.2) is 70.5 Å². The number of benzene rings is 3. The van der Waals surface area contributed by atoms with Crippen LogP contribution in [0, 0.1) is 17.0 Å². The van der Waals surface area contributed by atoms with E-state index in [1.165, 1.54) is 24.3 Å². The van der Waals surface area contributed by atoms with Gasteiger partial charge in [0, 0.05) is 12.1 Å². The van der Waals surface area contributed by atoms with Gasteiger partial charge < -0.3 is 4.74 Å². The molecule has 0 radical (unpaired) electrons. The van der Waals surface area contributed by atoms with E-state index in [0.29, 0.717) is 18.0 Å². The van der Waals surface area contributed by atoms with Gasteiger partial charge in [0.05, 0.1) is 20.4 Å². The molecule has 0 bridgehead atoms. The van der Waals surface area contributed by atoms with Gasteiger partial charge in [-0.3, -0.25) is 10.1 Å². The van der Waals surface area contributed by atoms with E-state index in [4.69, 9.17) is 16.3 Å². The van der Waals surface area contributed by atoms with Crippen LogP contribution in [0.1, 0.15) is 11.1 Å². The van der Waals surface area contributed by atoms with Crippen molar-refractivity contribution in [3.63, 3.8) is 0 Å². The number of hydrogen-bond donors (Lipinski definition) is 1. The van der Waals surface area contributed by atoms with E-state index in [-0.39, 0.29) is 26.3 Å². The molecular weight excluding hydrogens is 505 g/mol. The number of nitrogens with one attached hydrogen (secondary N) is 1. The fraction of sp³-hybridized carbons (Fsp3) is 0.100. The van der Waals surface area contributed by atoms with Crippen molar-refractivity contribution in [2.75, 3.05) is 0 Å². The van der Waals surface area contributed by atoms with Gasteiger partial charge in [-0.25, -0.2) is 8.42 Å². The van der Waals surface area contributed by atoms with Gasteiger partial charge in [0.2, 0.25) is 10.0 Å². The van der Waals surface area contributed by atoms with Crippen LogP contribution in [0.3, 0.4) is 0 Å². The second-order valence-corrected chi connectivity index (χ2v) is 9.83. The Morgan fingerprint density at radius 3 is 2.30 bits per heavy atom. The molecule has 3 rings (SSSR count). The van der Waals surface area contributed by atoms with Gasteiger partial charge in [0.15, 0.2) is 0 Å². The Morgan fingerprint density at radius 1 is 1.06 bits per heavy atom. The second kappa shape index (κ2) is 9.59. The van der Waals surface area contributed by atoms with E-state index in [9.17, 15) is 31.7 Å². The molecule has 3 aromatic carbocycles. The summed E-state index contributed by atoms with van der Waals surface area (Å²) in [6.45, 7) is 1.79. The molecule has 1 N–H and O–H groups in total. The average Bonchev–Trinajstić information content (AvgIpc) is 2.73. The van der Waals surface area contributed by atoms with E-state index >= 15 is 0 Å². The van der Waals surface area contributed by atoms with E-state index in [1.807, 2.05) is 0 Å². The molecule has 0 heterocycles. The van der Waals surface area contributed by atoms with Gasteiger partial charge in [0.25, 0.3) is 5.69 Å². The SMILES string of the molecule is Cc1ccc(S(=O)(=O)NSc2cc(Oc3ccc(C(F)(F)F)cc3Cl)ccc2[N+](=O)[O-])cc1. The molecular formula is C20H14ClF3N2O5S2. The van der Waals surface area contributed by atoms with Crippen LogP contribution in [0.25, 0.3) is 0 Å². The lowest BCUT2D eigenvalue weighted by Crippen LogP contribution is -2.16. The summed E-state index contributed by atoms with van der Waals surface area (Å²) >= 11 is 6.35. The van der Waals surface area contributed by atoms with E-state index < -0.39 is 32.4 Å². The minimum atomic E-state index is -4.59. The number of sulfonamides is 1. The summed E-state index contributed by atoms with van der Waals surface area (Å²) in [4.78, 5) is 10.5. The molecule has 0 atom stereocenters. The normalized spacial score (nSPS) is 11.9. The molecule has 3 aromatic rings. The Bertz CT molecular complexity index is 1300. The fourth-order valence-electron chi connectivity index (χ4n) is 2.54. The monoisotopic (exact) mass is 518 g/mol. The Balaban J connectivity index is 1.85. The molecule has 0 aliphatic rings. The first kappa shape index (κ1) is 24.8. The van der Waals surface area contributed by atoms with Crippen molar-refractivity contribution in [2.24, 2.45) is 0 Å². The quantitative estimate of drug-likeness (QED) is 0.222. The summed E-state index contributed by atoms with van der Waals surface area (Å²) in [7, 11) is -3.99. The first-order chi connectivity index (χ1) is 15.4. The first-order valence-corrected chi connectivity index (χ1v) is 11.6. The standard InChI is InChI=1S/C20H14ClF3N2O5S2/c1-12-2-6-15(7-3-12)33(29,30)25-32-19-11-14(5-8-17(19)26(27)28)31-18-9-4-13(10-16(18)21)20(22,23)24/h2-11,25H,1H3. The summed E-state index contributed by atoms with van der Waals surface area (Å²) < 4.78 is 71.1. The molecule has 7 nitrogen and oxygen atoms in total. The molecule has 0 amide bonds. The van der Waals surface area contributed by atoms with Crippen LogP contribution in [0.2, 0.25) is 5.02 Å². The van der Waals surface area contributed by atoms with Gasteiger partial charge in [-0.1, -0.05) is 29.3 Å². The van der Waals surface area contributed by atoms with Crippen molar-refractivity contribution in [2.45, 2.75) is 22.9 Å². The van der Waals surface area contributed by atoms with Crippen molar-refractivity contribution in [1.82, 2.24) is 4.13 Å². The topological polar surface area (TPSA) is 98.5 Å². The largest absolute Gasteiger partial charge is 0.456 e. The maximum Gasteiger partial charge on any atom is 0.416 e. The first-order valence-electron chi connectivity index (χ1n) is 8.95. The second-order valence-electron chi connectivity index (χ2n) is 6.63. The van der Waals surface area contributed by atoms with Crippen molar-refractivity contribution in [1.29, 1.82) is 0 Å². The van der Waals surface area contributed by atoms with E-state index in [0.717, 1.165) is 23.8 Å². The molecule has 0 unspecified atom stereocenters. The average molecular weight is 519 g/mol. The molecule has 0 aliphatic carbocycles. The van der Waals surface area contributed by atoms with Crippen LogP contribution >= 0.6 is 23.5 Å². The van der Waals surface area contributed by atoms with Crippen LogP contribution in [0.5, 0.6) is 11.5 Å². The van der Waals surface area contributed by atoms with Crippen LogP contribution in [-0.2, 0) is 16.2 Å². The molecule has 33 heavy (non-hydrogen) atoms. The lowest BCUT2D eigenvalue weighted by molar-refractivity contribution is -0.387. The highest BCUT2D eigenvalue weighted by Gasteiger charge is 2.31. The number of rotatable bonds is 7. The summed E-state index contributed by atoms with van der Waals surface area (Å²) in [5, 5.41) is 11.0. The van der Waals surface area contributed by atoms with Gasteiger partial charge in [-0.15, -0.1) is 4.13 Å². The number of aryl methyl sites for hydroxylation is 1. The summed E-state index contributed by atoms with van der Waals surface area (Å²) in [6, 6.07) is 11.9.